The van der Waals surface area contributed by atoms with Gasteiger partial charge in [-0.1, -0.05) is 166 Å². The Balaban J connectivity index is 0.000000230. The first-order valence-corrected chi connectivity index (χ1v) is 23.1. The minimum absolute atomic E-state index is 0.169. The summed E-state index contributed by atoms with van der Waals surface area (Å²) in [7, 11) is 0. The highest BCUT2D eigenvalue weighted by Gasteiger charge is 2.38. The van der Waals surface area contributed by atoms with Gasteiger partial charge in [0.2, 0.25) is 0 Å². The molecule has 0 aliphatic carbocycles. The minimum Gasteiger partial charge on any atom is -0.138 e. The van der Waals surface area contributed by atoms with Crippen molar-refractivity contribution in [3.63, 3.8) is 0 Å². The second-order valence-corrected chi connectivity index (χ2v) is 28.4. The summed E-state index contributed by atoms with van der Waals surface area (Å²) in [6.07, 6.45) is 0. The molecule has 5 aromatic rings. The SMILES string of the molecule is CC(C)(C)c1sc2c(C(C)(C)C)c(C(C)(C)C)sc2c1C(C)(C)C.CC(C)(C)c1sc2c(sc3c(C(C)(C)C)c(C(C)(C)C)sc32)c1C(C)(C)C. The molecule has 0 spiro atoms. The zero-order valence-corrected chi connectivity index (χ0v) is 41.1. The van der Waals surface area contributed by atoms with Crippen LogP contribution in [0.5, 0.6) is 0 Å². The first kappa shape index (κ1) is 43.0. The van der Waals surface area contributed by atoms with E-state index in [4.69, 9.17) is 0 Å². The largest absolute Gasteiger partial charge is 0.138 e. The average Bonchev–Trinajstić information content (AvgIpc) is 3.60. The maximum atomic E-state index is 2.38. The maximum absolute atomic E-state index is 2.38. The summed E-state index contributed by atoms with van der Waals surface area (Å²) in [4.78, 5) is 6.28. The Hall–Kier alpha value is -0.720. The molecule has 5 heterocycles. The molecule has 5 rings (SSSR count). The first-order valence-electron chi connectivity index (χ1n) is 19.0. The maximum Gasteiger partial charge on any atom is 0.0635 e. The Labute approximate surface area is 333 Å². The van der Waals surface area contributed by atoms with Crippen LogP contribution in [0.1, 0.15) is 208 Å². The summed E-state index contributed by atoms with van der Waals surface area (Å²) in [5, 5.41) is 0. The van der Waals surface area contributed by atoms with Crippen LogP contribution < -0.4 is 0 Å². The topological polar surface area (TPSA) is 0 Å². The molecule has 0 amide bonds. The standard InChI is InChI=1S/C24H36S3.C22H36S2/c1-21(2,3)13-15-17(26-19(13)23(7,8)9)18-16(25-15)14(22(4,5)6)20(27-18)24(10,11)12;1-19(2,3)13-15-16(24-17(13)21(7,8)9)14(20(4,5)6)18(23-15)22(10,11)12/h1-12H3;1-12H3. The molecule has 5 aromatic heterocycles. The lowest BCUT2D eigenvalue weighted by molar-refractivity contribution is 0.545. The van der Waals surface area contributed by atoms with Crippen LogP contribution in [0.3, 0.4) is 0 Å². The van der Waals surface area contributed by atoms with Crippen molar-refractivity contribution in [2.45, 2.75) is 209 Å². The number of hydrogen-bond acceptors (Lipinski definition) is 5. The van der Waals surface area contributed by atoms with Gasteiger partial charge in [-0.15, -0.1) is 56.7 Å². The summed E-state index contributed by atoms with van der Waals surface area (Å²) >= 11 is 10.3. The van der Waals surface area contributed by atoms with Crippen molar-refractivity contribution in [3.8, 4) is 0 Å². The molecule has 0 atom stereocenters. The monoisotopic (exact) mass is 784 g/mol. The molecule has 0 aliphatic rings. The normalized spacial score (nSPS) is 14.7. The fourth-order valence-corrected chi connectivity index (χ4v) is 16.5. The highest BCUT2D eigenvalue weighted by molar-refractivity contribution is 7.39. The quantitative estimate of drug-likeness (QED) is 0.147. The van der Waals surface area contributed by atoms with E-state index in [1.807, 2.05) is 0 Å². The van der Waals surface area contributed by atoms with Crippen molar-refractivity contribution in [3.05, 3.63) is 41.8 Å². The molecule has 0 fully saturated rings. The van der Waals surface area contributed by atoms with E-state index in [1.54, 1.807) is 60.6 Å². The fourth-order valence-electron chi connectivity index (χ4n) is 7.20. The van der Waals surface area contributed by atoms with Crippen molar-refractivity contribution in [1.29, 1.82) is 0 Å². The van der Waals surface area contributed by atoms with E-state index in [9.17, 15) is 0 Å². The number of hydrogen-bond donors (Lipinski definition) is 0. The van der Waals surface area contributed by atoms with Crippen molar-refractivity contribution in [1.82, 2.24) is 0 Å². The Bertz CT molecular complexity index is 1890. The zero-order chi connectivity index (χ0) is 39.6. The van der Waals surface area contributed by atoms with Gasteiger partial charge in [0.1, 0.15) is 0 Å². The summed E-state index contributed by atoms with van der Waals surface area (Å²) in [5.41, 5.74) is 7.80. The third-order valence-corrected chi connectivity index (χ3v) is 17.7. The minimum atomic E-state index is 0.169. The van der Waals surface area contributed by atoms with Crippen LogP contribution in [-0.2, 0) is 43.3 Å². The van der Waals surface area contributed by atoms with Crippen LogP contribution in [0.4, 0.5) is 0 Å². The number of thiophene rings is 5. The molecule has 286 valence electrons. The summed E-state index contributed by atoms with van der Waals surface area (Å²) in [5.74, 6) is 0. The molecule has 0 radical (unpaired) electrons. The molecule has 0 N–H and O–H groups in total. The van der Waals surface area contributed by atoms with Crippen LogP contribution in [0, 0.1) is 0 Å². The van der Waals surface area contributed by atoms with E-state index in [-0.39, 0.29) is 43.3 Å². The predicted octanol–water partition coefficient (Wildman–Crippen LogP) is 17.5. The van der Waals surface area contributed by atoms with E-state index < -0.39 is 0 Å². The second kappa shape index (κ2) is 12.9. The molecular weight excluding hydrogens is 713 g/mol. The zero-order valence-electron chi connectivity index (χ0n) is 37.0. The van der Waals surface area contributed by atoms with Crippen LogP contribution >= 0.6 is 56.7 Å². The smallest absolute Gasteiger partial charge is 0.0635 e. The third kappa shape index (κ3) is 8.29. The highest BCUT2D eigenvalue weighted by Crippen LogP contribution is 2.57. The van der Waals surface area contributed by atoms with E-state index in [1.165, 1.54) is 9.40 Å². The molecule has 51 heavy (non-hydrogen) atoms. The summed E-state index contributed by atoms with van der Waals surface area (Å²) < 4.78 is 9.26. The molecule has 0 unspecified atom stereocenters. The van der Waals surface area contributed by atoms with Gasteiger partial charge in [-0.05, 0) is 65.6 Å². The summed E-state index contributed by atoms with van der Waals surface area (Å²) in [6.45, 7) is 56.9. The van der Waals surface area contributed by atoms with E-state index in [0.29, 0.717) is 0 Å². The molecule has 0 aliphatic heterocycles. The van der Waals surface area contributed by atoms with Gasteiger partial charge in [0, 0.05) is 28.9 Å². The first-order chi connectivity index (χ1) is 22.4. The van der Waals surface area contributed by atoms with Gasteiger partial charge in [0.05, 0.1) is 18.8 Å². The molecule has 0 nitrogen and oxygen atoms in total. The lowest BCUT2D eigenvalue weighted by Gasteiger charge is -2.28. The van der Waals surface area contributed by atoms with Crippen molar-refractivity contribution in [2.75, 3.05) is 0 Å². The molecule has 0 aromatic carbocycles. The van der Waals surface area contributed by atoms with E-state index in [0.717, 1.165) is 0 Å². The van der Waals surface area contributed by atoms with Gasteiger partial charge in [0.15, 0.2) is 0 Å². The second-order valence-electron chi connectivity index (χ2n) is 23.3. The van der Waals surface area contributed by atoms with Gasteiger partial charge in [-0.3, -0.25) is 0 Å². The lowest BCUT2D eigenvalue weighted by atomic mass is 9.79. The Morgan fingerprint density at radius 2 is 0.353 bits per heavy atom. The van der Waals surface area contributed by atoms with Crippen LogP contribution in [0.15, 0.2) is 0 Å². The molecular formula is C46H72S5. The highest BCUT2D eigenvalue weighted by atomic mass is 32.1. The molecule has 0 saturated heterocycles. The lowest BCUT2D eigenvalue weighted by Crippen LogP contribution is -2.20. The van der Waals surface area contributed by atoms with Gasteiger partial charge < -0.3 is 0 Å². The molecule has 0 saturated carbocycles. The Kier molecular flexibility index (Phi) is 10.9. The van der Waals surface area contributed by atoms with Crippen molar-refractivity contribution < 1.29 is 0 Å². The molecule has 0 bridgehead atoms. The van der Waals surface area contributed by atoms with Crippen molar-refractivity contribution >= 4 is 84.9 Å². The Morgan fingerprint density at radius 1 is 0.196 bits per heavy atom. The van der Waals surface area contributed by atoms with E-state index >= 15 is 0 Å². The van der Waals surface area contributed by atoms with Gasteiger partial charge in [-0.2, -0.15) is 0 Å². The van der Waals surface area contributed by atoms with Gasteiger partial charge in [-0.25, -0.2) is 0 Å². The van der Waals surface area contributed by atoms with Gasteiger partial charge >= 0.3 is 0 Å². The molecule has 5 heteroatoms. The number of fused-ring (bicyclic) bond motifs is 4. The van der Waals surface area contributed by atoms with Crippen LogP contribution in [-0.4, -0.2) is 0 Å². The summed E-state index contributed by atoms with van der Waals surface area (Å²) in [6, 6.07) is 0. The third-order valence-electron chi connectivity index (χ3n) is 9.39. The Morgan fingerprint density at radius 3 is 0.510 bits per heavy atom. The van der Waals surface area contributed by atoms with Crippen LogP contribution in [0.2, 0.25) is 0 Å². The average molecular weight is 785 g/mol. The fraction of sp³-hybridized carbons (Fsp3) is 0.696. The predicted molar refractivity (Wildman–Crippen MR) is 244 cm³/mol. The van der Waals surface area contributed by atoms with Crippen LogP contribution in [0.25, 0.3) is 28.2 Å². The van der Waals surface area contributed by atoms with Crippen molar-refractivity contribution in [2.24, 2.45) is 0 Å². The number of rotatable bonds is 0. The van der Waals surface area contributed by atoms with Gasteiger partial charge in [0.25, 0.3) is 0 Å². The van der Waals surface area contributed by atoms with E-state index in [2.05, 4.69) is 223 Å².